The molecule has 2 aromatic carbocycles. The molecule has 4 rings (SSSR count). The van der Waals surface area contributed by atoms with Crippen molar-refractivity contribution in [1.82, 2.24) is 30.3 Å². The van der Waals surface area contributed by atoms with Gasteiger partial charge < -0.3 is 9.26 Å². The first-order valence-electron chi connectivity index (χ1n) is 7.87. The van der Waals surface area contributed by atoms with Gasteiger partial charge in [-0.05, 0) is 46.8 Å². The van der Waals surface area contributed by atoms with Crippen LogP contribution in [0.1, 0.15) is 5.89 Å². The third-order valence-electron chi connectivity index (χ3n) is 3.63. The molecule has 2 aromatic heterocycles. The lowest BCUT2D eigenvalue weighted by Gasteiger charge is -2.04. The van der Waals surface area contributed by atoms with Crippen molar-refractivity contribution in [1.29, 1.82) is 0 Å². The van der Waals surface area contributed by atoms with Crippen LogP contribution in [0.25, 0.3) is 17.1 Å². The zero-order valence-corrected chi connectivity index (χ0v) is 16.5. The molecule has 0 saturated carbocycles. The average molecular weight is 445 g/mol. The second-order valence-corrected chi connectivity index (χ2v) is 7.24. The van der Waals surface area contributed by atoms with Crippen LogP contribution in [-0.2, 0) is 5.75 Å². The molecule has 0 N–H and O–H groups in total. The van der Waals surface area contributed by atoms with Gasteiger partial charge in [0.05, 0.1) is 18.6 Å². The number of hydrogen-bond acceptors (Lipinski definition) is 8. The molecular weight excluding hydrogens is 432 g/mol. The molecule has 2 heterocycles. The Bertz CT molecular complexity index is 1050. The van der Waals surface area contributed by atoms with Crippen LogP contribution < -0.4 is 4.74 Å². The smallest absolute Gasteiger partial charge is 0.237 e. The lowest BCUT2D eigenvalue weighted by molar-refractivity contribution is 0.391. The fraction of sp³-hybridized carbons (Fsp3) is 0.118. The molecular formula is C17H13BrN6O2S. The maximum atomic E-state index is 5.34. The summed E-state index contributed by atoms with van der Waals surface area (Å²) in [6.45, 7) is 0. The maximum absolute atomic E-state index is 5.34. The summed E-state index contributed by atoms with van der Waals surface area (Å²) >= 11 is 4.85. The topological polar surface area (TPSA) is 91.8 Å². The number of hydrogen-bond donors (Lipinski definition) is 0. The van der Waals surface area contributed by atoms with Gasteiger partial charge in [0.25, 0.3) is 0 Å². The summed E-state index contributed by atoms with van der Waals surface area (Å²) in [6, 6.07) is 15.2. The van der Waals surface area contributed by atoms with Crippen LogP contribution in [0, 0.1) is 0 Å². The summed E-state index contributed by atoms with van der Waals surface area (Å²) in [4.78, 5) is 4.43. The van der Waals surface area contributed by atoms with Crippen molar-refractivity contribution in [2.75, 3.05) is 7.11 Å². The van der Waals surface area contributed by atoms with Gasteiger partial charge in [-0.1, -0.05) is 45.0 Å². The predicted molar refractivity (Wildman–Crippen MR) is 103 cm³/mol. The number of methoxy groups -OCH3 is 1. The van der Waals surface area contributed by atoms with Crippen molar-refractivity contribution >= 4 is 27.7 Å². The highest BCUT2D eigenvalue weighted by Gasteiger charge is 2.13. The van der Waals surface area contributed by atoms with Crippen LogP contribution in [-0.4, -0.2) is 37.5 Å². The SMILES string of the molecule is COc1ccc(-n2nnnc2SCc2nc(-c3cccc(Br)c3)no2)cc1. The van der Waals surface area contributed by atoms with Crippen LogP contribution in [0.3, 0.4) is 0 Å². The maximum Gasteiger partial charge on any atom is 0.237 e. The molecule has 136 valence electrons. The van der Waals surface area contributed by atoms with Gasteiger partial charge in [-0.3, -0.25) is 0 Å². The molecule has 0 amide bonds. The summed E-state index contributed by atoms with van der Waals surface area (Å²) in [5.41, 5.74) is 1.72. The summed E-state index contributed by atoms with van der Waals surface area (Å²) in [5.74, 6) is 2.27. The van der Waals surface area contributed by atoms with E-state index < -0.39 is 0 Å². The zero-order chi connectivity index (χ0) is 18.6. The van der Waals surface area contributed by atoms with E-state index in [9.17, 15) is 0 Å². The van der Waals surface area contributed by atoms with E-state index in [1.54, 1.807) is 11.8 Å². The third kappa shape index (κ3) is 4.01. The molecule has 8 nitrogen and oxygen atoms in total. The van der Waals surface area contributed by atoms with Gasteiger partial charge in [0.1, 0.15) is 5.75 Å². The molecule has 10 heteroatoms. The average Bonchev–Trinajstić information content (AvgIpc) is 3.36. The zero-order valence-electron chi connectivity index (χ0n) is 14.1. The van der Waals surface area contributed by atoms with E-state index in [2.05, 4.69) is 41.6 Å². The molecule has 0 spiro atoms. The summed E-state index contributed by atoms with van der Waals surface area (Å²) in [6.07, 6.45) is 0. The van der Waals surface area contributed by atoms with E-state index in [1.807, 2.05) is 48.5 Å². The fourth-order valence-corrected chi connectivity index (χ4v) is 3.47. The highest BCUT2D eigenvalue weighted by molar-refractivity contribution is 9.10. The molecule has 0 aliphatic heterocycles. The molecule has 27 heavy (non-hydrogen) atoms. The summed E-state index contributed by atoms with van der Waals surface area (Å²) in [7, 11) is 1.63. The van der Waals surface area contributed by atoms with E-state index >= 15 is 0 Å². The van der Waals surface area contributed by atoms with Gasteiger partial charge >= 0.3 is 0 Å². The number of tetrazole rings is 1. The van der Waals surface area contributed by atoms with Gasteiger partial charge in [0.15, 0.2) is 0 Å². The molecule has 0 bridgehead atoms. The van der Waals surface area contributed by atoms with Crippen LogP contribution in [0.4, 0.5) is 0 Å². The van der Waals surface area contributed by atoms with E-state index in [0.717, 1.165) is 21.5 Å². The van der Waals surface area contributed by atoms with Crippen LogP contribution in [0.2, 0.25) is 0 Å². The molecule has 0 radical (unpaired) electrons. The van der Waals surface area contributed by atoms with Crippen molar-refractivity contribution in [3.63, 3.8) is 0 Å². The quantitative estimate of drug-likeness (QED) is 0.414. The van der Waals surface area contributed by atoms with E-state index in [1.165, 1.54) is 11.8 Å². The number of benzene rings is 2. The second kappa shape index (κ2) is 7.89. The van der Waals surface area contributed by atoms with Crippen molar-refractivity contribution in [3.8, 4) is 22.8 Å². The van der Waals surface area contributed by atoms with Crippen LogP contribution in [0.5, 0.6) is 5.75 Å². The highest BCUT2D eigenvalue weighted by atomic mass is 79.9. The minimum atomic E-state index is 0.456. The fourth-order valence-electron chi connectivity index (χ4n) is 2.34. The van der Waals surface area contributed by atoms with Crippen LogP contribution in [0.15, 0.2) is 62.7 Å². The predicted octanol–water partition coefficient (Wildman–Crippen LogP) is 3.78. The highest BCUT2D eigenvalue weighted by Crippen LogP contribution is 2.25. The Morgan fingerprint density at radius 2 is 2.04 bits per heavy atom. The number of halogens is 1. The monoisotopic (exact) mass is 444 g/mol. The Kier molecular flexibility index (Phi) is 5.16. The Balaban J connectivity index is 1.48. The number of aromatic nitrogens is 6. The first-order chi connectivity index (χ1) is 13.2. The van der Waals surface area contributed by atoms with Crippen molar-refractivity contribution in [3.05, 3.63) is 58.9 Å². The number of ether oxygens (including phenoxy) is 1. The van der Waals surface area contributed by atoms with Crippen molar-refractivity contribution in [2.24, 2.45) is 0 Å². The largest absolute Gasteiger partial charge is 0.497 e. The van der Waals surface area contributed by atoms with E-state index in [0.29, 0.717) is 22.6 Å². The summed E-state index contributed by atoms with van der Waals surface area (Å²) in [5, 5.41) is 16.5. The number of thioether (sulfide) groups is 1. The van der Waals surface area contributed by atoms with Gasteiger partial charge in [-0.25, -0.2) is 0 Å². The second-order valence-electron chi connectivity index (χ2n) is 5.38. The molecule has 0 unspecified atom stereocenters. The first kappa shape index (κ1) is 17.7. The normalized spacial score (nSPS) is 10.9. The third-order valence-corrected chi connectivity index (χ3v) is 5.03. The Morgan fingerprint density at radius 1 is 1.19 bits per heavy atom. The molecule has 0 aliphatic rings. The minimum absolute atomic E-state index is 0.456. The van der Waals surface area contributed by atoms with Crippen molar-refractivity contribution in [2.45, 2.75) is 10.9 Å². The van der Waals surface area contributed by atoms with E-state index in [4.69, 9.17) is 9.26 Å². The molecule has 0 aliphatic carbocycles. The molecule has 4 aromatic rings. The Morgan fingerprint density at radius 3 is 2.81 bits per heavy atom. The Labute approximate surface area is 167 Å². The van der Waals surface area contributed by atoms with Gasteiger partial charge in [0, 0.05) is 10.0 Å². The molecule has 0 fully saturated rings. The van der Waals surface area contributed by atoms with Crippen LogP contribution >= 0.6 is 27.7 Å². The lowest BCUT2D eigenvalue weighted by atomic mass is 10.2. The van der Waals surface area contributed by atoms with Crippen molar-refractivity contribution < 1.29 is 9.26 Å². The number of nitrogens with zero attached hydrogens (tertiary/aromatic N) is 6. The molecule has 0 saturated heterocycles. The summed E-state index contributed by atoms with van der Waals surface area (Å²) < 4.78 is 13.1. The lowest BCUT2D eigenvalue weighted by Crippen LogP contribution is -1.99. The minimum Gasteiger partial charge on any atom is -0.497 e. The van der Waals surface area contributed by atoms with Gasteiger partial charge in [-0.15, -0.1) is 5.10 Å². The molecule has 0 atom stereocenters. The Hall–Kier alpha value is -2.72. The first-order valence-corrected chi connectivity index (χ1v) is 9.65. The van der Waals surface area contributed by atoms with Gasteiger partial charge in [-0.2, -0.15) is 9.67 Å². The van der Waals surface area contributed by atoms with E-state index in [-0.39, 0.29) is 0 Å². The standard InChI is InChI=1S/C17H13BrN6O2S/c1-25-14-7-5-13(6-8-14)24-17(20-22-23-24)27-10-15-19-16(21-26-15)11-3-2-4-12(18)9-11/h2-9H,10H2,1H3. The number of rotatable bonds is 6. The van der Waals surface area contributed by atoms with Gasteiger partial charge in [0.2, 0.25) is 16.9 Å².